The van der Waals surface area contributed by atoms with Crippen LogP contribution in [0.3, 0.4) is 0 Å². The Morgan fingerprint density at radius 1 is 1.08 bits per heavy atom. The van der Waals surface area contributed by atoms with Gasteiger partial charge in [0.25, 0.3) is 5.91 Å². The molecule has 0 unspecified atom stereocenters. The van der Waals surface area contributed by atoms with Crippen LogP contribution in [0, 0.1) is 13.8 Å². The Hall–Kier alpha value is -4.27. The van der Waals surface area contributed by atoms with Crippen LogP contribution in [0.25, 0.3) is 11.2 Å². The fourth-order valence-electron chi connectivity index (χ4n) is 3.73. The zero-order valence-corrected chi connectivity index (χ0v) is 21.3. The number of anilines is 2. The van der Waals surface area contributed by atoms with E-state index in [2.05, 4.69) is 25.6 Å². The Balaban J connectivity index is 1.50. The molecule has 0 spiro atoms. The van der Waals surface area contributed by atoms with Crippen molar-refractivity contribution in [2.45, 2.75) is 53.2 Å². The highest BCUT2D eigenvalue weighted by atomic mass is 16.6. The van der Waals surface area contributed by atoms with Crippen LogP contribution < -0.4 is 10.6 Å². The van der Waals surface area contributed by atoms with Gasteiger partial charge in [-0.1, -0.05) is 12.1 Å². The average molecular weight is 487 g/mol. The molecule has 9 nitrogen and oxygen atoms in total. The second-order valence-electron chi connectivity index (χ2n) is 9.79. The molecular formula is C27H30N6O3. The minimum absolute atomic E-state index is 0.123. The number of rotatable bonds is 5. The number of carbonyl (C=O) groups is 2. The Kier molecular flexibility index (Phi) is 6.74. The standard InChI is InChI=1S/C27H30N6O3/c1-16-10-20(13-28-12-16)25(34)31-21-9-7-8-19(11-21)18(3)30-22-14-29-24-23(32-22)17(2)15-33(24)26(35)36-27(4,5)6/h7-15,18H,1-6H3,(H,30,32)(H,31,34)/t18-/m0/s1. The van der Waals surface area contributed by atoms with Crippen LogP contribution in [0.2, 0.25) is 0 Å². The third-order valence-corrected chi connectivity index (χ3v) is 5.41. The van der Waals surface area contributed by atoms with Gasteiger partial charge in [-0.2, -0.15) is 0 Å². The summed E-state index contributed by atoms with van der Waals surface area (Å²) in [5, 5.41) is 6.28. The molecule has 0 aliphatic rings. The van der Waals surface area contributed by atoms with Gasteiger partial charge in [0.05, 0.1) is 17.8 Å². The SMILES string of the molecule is Cc1cncc(C(=O)Nc2cccc([C@H](C)Nc3cnc4c(n3)c(C)cn4C(=O)OC(C)(C)C)c2)c1. The Morgan fingerprint density at radius 3 is 2.58 bits per heavy atom. The minimum atomic E-state index is -0.614. The van der Waals surface area contributed by atoms with E-state index in [1.807, 2.05) is 65.8 Å². The molecule has 4 rings (SSSR count). The van der Waals surface area contributed by atoms with Crippen molar-refractivity contribution in [3.63, 3.8) is 0 Å². The second-order valence-corrected chi connectivity index (χ2v) is 9.79. The van der Waals surface area contributed by atoms with Crippen molar-refractivity contribution in [1.82, 2.24) is 19.5 Å². The summed E-state index contributed by atoms with van der Waals surface area (Å²) in [4.78, 5) is 38.4. The molecule has 3 aromatic heterocycles. The number of aryl methyl sites for hydroxylation is 2. The molecule has 0 aliphatic carbocycles. The van der Waals surface area contributed by atoms with Crippen LogP contribution in [0.5, 0.6) is 0 Å². The molecule has 36 heavy (non-hydrogen) atoms. The Bertz CT molecular complexity index is 1440. The first kappa shape index (κ1) is 24.8. The van der Waals surface area contributed by atoms with Crippen LogP contribution in [0.4, 0.5) is 16.3 Å². The molecular weight excluding hydrogens is 456 g/mol. The summed E-state index contributed by atoms with van der Waals surface area (Å²) in [6.07, 6.45) is 6.03. The van der Waals surface area contributed by atoms with Crippen molar-refractivity contribution in [3.8, 4) is 0 Å². The highest BCUT2D eigenvalue weighted by molar-refractivity contribution is 6.04. The Morgan fingerprint density at radius 2 is 1.86 bits per heavy atom. The van der Waals surface area contributed by atoms with Gasteiger partial charge in [-0.05, 0) is 76.4 Å². The number of carbonyl (C=O) groups excluding carboxylic acids is 2. The highest BCUT2D eigenvalue weighted by Gasteiger charge is 2.21. The lowest BCUT2D eigenvalue weighted by Crippen LogP contribution is -2.26. The number of amides is 1. The normalized spacial score (nSPS) is 12.3. The van der Waals surface area contributed by atoms with Gasteiger partial charge in [0.2, 0.25) is 0 Å². The molecule has 1 atom stereocenters. The molecule has 0 fully saturated rings. The van der Waals surface area contributed by atoms with Gasteiger partial charge in [0, 0.05) is 24.3 Å². The molecule has 0 radical (unpaired) electrons. The van der Waals surface area contributed by atoms with E-state index >= 15 is 0 Å². The molecule has 0 aliphatic heterocycles. The lowest BCUT2D eigenvalue weighted by Gasteiger charge is -2.19. The lowest BCUT2D eigenvalue weighted by atomic mass is 10.1. The number of nitrogens with one attached hydrogen (secondary N) is 2. The summed E-state index contributed by atoms with van der Waals surface area (Å²) in [5.74, 6) is 0.352. The van der Waals surface area contributed by atoms with E-state index in [1.165, 1.54) is 4.57 Å². The van der Waals surface area contributed by atoms with E-state index in [4.69, 9.17) is 4.74 Å². The van der Waals surface area contributed by atoms with Crippen LogP contribution in [-0.4, -0.2) is 37.1 Å². The van der Waals surface area contributed by atoms with E-state index < -0.39 is 11.7 Å². The zero-order valence-electron chi connectivity index (χ0n) is 21.3. The number of pyridine rings is 1. The molecule has 2 N–H and O–H groups in total. The molecule has 1 amide bonds. The average Bonchev–Trinajstić information content (AvgIpc) is 3.14. The van der Waals surface area contributed by atoms with E-state index in [1.54, 1.807) is 30.9 Å². The summed E-state index contributed by atoms with van der Waals surface area (Å²) >= 11 is 0. The van der Waals surface area contributed by atoms with Crippen LogP contribution in [0.15, 0.2) is 55.1 Å². The van der Waals surface area contributed by atoms with E-state index in [9.17, 15) is 9.59 Å². The first-order valence-corrected chi connectivity index (χ1v) is 11.7. The van der Waals surface area contributed by atoms with Gasteiger partial charge in [-0.15, -0.1) is 0 Å². The number of aromatic nitrogens is 4. The van der Waals surface area contributed by atoms with Crippen molar-refractivity contribution < 1.29 is 14.3 Å². The lowest BCUT2D eigenvalue weighted by molar-refractivity contribution is 0.0543. The van der Waals surface area contributed by atoms with Crippen molar-refractivity contribution >= 4 is 34.7 Å². The number of ether oxygens (including phenoxy) is 1. The first-order valence-electron chi connectivity index (χ1n) is 11.7. The van der Waals surface area contributed by atoms with Crippen molar-refractivity contribution in [1.29, 1.82) is 0 Å². The smallest absolute Gasteiger partial charge is 0.420 e. The predicted molar refractivity (Wildman–Crippen MR) is 139 cm³/mol. The van der Waals surface area contributed by atoms with E-state index in [0.717, 1.165) is 16.7 Å². The molecule has 1 aromatic carbocycles. The van der Waals surface area contributed by atoms with Crippen molar-refractivity contribution in [2.75, 3.05) is 10.6 Å². The zero-order chi connectivity index (χ0) is 26.0. The number of benzene rings is 1. The minimum Gasteiger partial charge on any atom is -0.443 e. The summed E-state index contributed by atoms with van der Waals surface area (Å²) in [6.45, 7) is 11.2. The third-order valence-electron chi connectivity index (χ3n) is 5.41. The maximum absolute atomic E-state index is 12.6. The summed E-state index contributed by atoms with van der Waals surface area (Å²) in [5.41, 5.74) is 4.32. The maximum atomic E-state index is 12.6. The maximum Gasteiger partial charge on any atom is 0.420 e. The third kappa shape index (κ3) is 5.68. The van der Waals surface area contributed by atoms with Gasteiger partial charge < -0.3 is 15.4 Å². The largest absolute Gasteiger partial charge is 0.443 e. The van der Waals surface area contributed by atoms with Crippen LogP contribution in [0.1, 0.15) is 60.8 Å². The van der Waals surface area contributed by atoms with E-state index in [-0.39, 0.29) is 11.9 Å². The van der Waals surface area contributed by atoms with Gasteiger partial charge in [0.1, 0.15) is 16.9 Å². The quantitative estimate of drug-likeness (QED) is 0.375. The molecule has 0 saturated heterocycles. The summed E-state index contributed by atoms with van der Waals surface area (Å²) in [7, 11) is 0. The fraction of sp³-hybridized carbons (Fsp3) is 0.296. The molecule has 3 heterocycles. The molecule has 186 valence electrons. The number of hydrogen-bond donors (Lipinski definition) is 2. The molecule has 0 saturated carbocycles. The van der Waals surface area contributed by atoms with Crippen LogP contribution >= 0.6 is 0 Å². The fourth-order valence-corrected chi connectivity index (χ4v) is 3.73. The van der Waals surface area contributed by atoms with Crippen molar-refractivity contribution in [2.24, 2.45) is 0 Å². The van der Waals surface area contributed by atoms with Gasteiger partial charge in [-0.3, -0.25) is 9.78 Å². The molecule has 9 heteroatoms. The predicted octanol–water partition coefficient (Wildman–Crippen LogP) is 5.65. The number of hydrogen-bond acceptors (Lipinski definition) is 7. The first-order chi connectivity index (χ1) is 17.0. The molecule has 4 aromatic rings. The number of nitrogens with zero attached hydrogens (tertiary/aromatic N) is 4. The number of fused-ring (bicyclic) bond motifs is 1. The van der Waals surface area contributed by atoms with Gasteiger partial charge >= 0.3 is 6.09 Å². The topological polar surface area (TPSA) is 111 Å². The highest BCUT2D eigenvalue weighted by Crippen LogP contribution is 2.24. The second kappa shape index (κ2) is 9.77. The molecule has 0 bridgehead atoms. The van der Waals surface area contributed by atoms with E-state index in [0.29, 0.717) is 28.2 Å². The Labute approximate surface area is 209 Å². The summed E-state index contributed by atoms with van der Waals surface area (Å²) in [6, 6.07) is 9.28. The van der Waals surface area contributed by atoms with Gasteiger partial charge in [-0.25, -0.2) is 19.3 Å². The van der Waals surface area contributed by atoms with Crippen LogP contribution in [-0.2, 0) is 4.74 Å². The summed E-state index contributed by atoms with van der Waals surface area (Å²) < 4.78 is 6.86. The van der Waals surface area contributed by atoms with Crippen molar-refractivity contribution in [3.05, 3.63) is 77.4 Å². The monoisotopic (exact) mass is 486 g/mol. The van der Waals surface area contributed by atoms with Gasteiger partial charge in [0.15, 0.2) is 5.65 Å².